The van der Waals surface area contributed by atoms with E-state index in [-0.39, 0.29) is 6.54 Å². The van der Waals surface area contributed by atoms with E-state index in [4.69, 9.17) is 0 Å². The van der Waals surface area contributed by atoms with E-state index in [0.29, 0.717) is 13.0 Å². The summed E-state index contributed by atoms with van der Waals surface area (Å²) in [6, 6.07) is 0. The highest BCUT2D eigenvalue weighted by molar-refractivity contribution is 9.09. The van der Waals surface area contributed by atoms with Crippen molar-refractivity contribution in [3.8, 4) is 0 Å². The fraction of sp³-hybridized carbons (Fsp3) is 0.600. The minimum absolute atomic E-state index is 0.199. The predicted octanol–water partition coefficient (Wildman–Crippen LogP) is 1.11. The molecule has 8 heteroatoms. The van der Waals surface area contributed by atoms with E-state index < -0.39 is 21.9 Å². The molecule has 0 spiro atoms. The van der Waals surface area contributed by atoms with Crippen LogP contribution < -0.4 is 11.2 Å². The molecule has 0 radical (unpaired) electrons. The number of hydrogen-bond donors (Lipinski definition) is 0. The molecule has 1 aromatic rings. The van der Waals surface area contributed by atoms with Crippen molar-refractivity contribution in [1.29, 1.82) is 0 Å². The van der Waals surface area contributed by atoms with Crippen LogP contribution in [0.25, 0.3) is 0 Å². The smallest absolute Gasteiger partial charge is 0.294 e. The average Bonchev–Trinajstić information content (AvgIpc) is 2.33. The number of halogens is 1. The van der Waals surface area contributed by atoms with Crippen LogP contribution in [0.5, 0.6) is 0 Å². The van der Waals surface area contributed by atoms with Crippen molar-refractivity contribution in [1.82, 2.24) is 9.13 Å². The van der Waals surface area contributed by atoms with Crippen molar-refractivity contribution in [2.75, 3.05) is 5.33 Å². The van der Waals surface area contributed by atoms with Gasteiger partial charge < -0.3 is 0 Å². The molecule has 0 amide bonds. The summed E-state index contributed by atoms with van der Waals surface area (Å²) in [7, 11) is 0. The summed E-state index contributed by atoms with van der Waals surface area (Å²) in [5, 5.41) is 11.5. The lowest BCUT2D eigenvalue weighted by Crippen LogP contribution is -2.40. The first kappa shape index (κ1) is 14.6. The molecule has 0 aliphatic heterocycles. The Kier molecular flexibility index (Phi) is 5.26. The third-order valence-corrected chi connectivity index (χ3v) is 3.08. The van der Waals surface area contributed by atoms with Gasteiger partial charge in [-0.3, -0.25) is 24.0 Å². The topological polar surface area (TPSA) is 87.1 Å². The zero-order valence-corrected chi connectivity index (χ0v) is 11.6. The molecule has 0 aliphatic carbocycles. The molecule has 1 heterocycles. The Bertz CT molecular complexity index is 549. The van der Waals surface area contributed by atoms with Crippen LogP contribution in [0.3, 0.4) is 0 Å². The molecular weight excluding hydrogens is 306 g/mol. The highest BCUT2D eigenvalue weighted by atomic mass is 79.9. The molecule has 100 valence electrons. The lowest BCUT2D eigenvalue weighted by Gasteiger charge is -2.07. The van der Waals surface area contributed by atoms with E-state index in [1.54, 1.807) is 6.92 Å². The molecule has 0 bridgehead atoms. The minimum Gasteiger partial charge on any atom is -0.294 e. The standard InChI is InChI=1S/C10H14BrN3O4/c1-2-12-7-8(14(17)18)9(15)13(10(12)16)6-4-3-5-11/h7H,2-6H2,1H3. The molecule has 18 heavy (non-hydrogen) atoms. The van der Waals surface area contributed by atoms with Crippen molar-refractivity contribution in [3.63, 3.8) is 0 Å². The molecule has 0 fully saturated rings. The van der Waals surface area contributed by atoms with Crippen molar-refractivity contribution in [3.05, 3.63) is 37.1 Å². The summed E-state index contributed by atoms with van der Waals surface area (Å²) >= 11 is 3.25. The largest absolute Gasteiger partial charge is 0.350 e. The maximum Gasteiger partial charge on any atom is 0.350 e. The van der Waals surface area contributed by atoms with Gasteiger partial charge in [-0.25, -0.2) is 4.79 Å². The van der Waals surface area contributed by atoms with Crippen LogP contribution in [0.2, 0.25) is 0 Å². The number of unbranched alkanes of at least 4 members (excludes halogenated alkanes) is 1. The fourth-order valence-corrected chi connectivity index (χ4v) is 1.95. The maximum atomic E-state index is 11.9. The number of alkyl halides is 1. The highest BCUT2D eigenvalue weighted by Crippen LogP contribution is 2.02. The first-order valence-corrected chi connectivity index (χ1v) is 6.69. The van der Waals surface area contributed by atoms with Crippen LogP contribution in [0.15, 0.2) is 15.8 Å². The molecule has 7 nitrogen and oxygen atoms in total. The van der Waals surface area contributed by atoms with E-state index >= 15 is 0 Å². The molecular formula is C10H14BrN3O4. The van der Waals surface area contributed by atoms with Gasteiger partial charge in [0.1, 0.15) is 0 Å². The second-order valence-electron chi connectivity index (χ2n) is 3.69. The zero-order valence-electron chi connectivity index (χ0n) is 9.97. The van der Waals surface area contributed by atoms with Crippen molar-refractivity contribution in [2.24, 2.45) is 0 Å². The molecule has 0 aromatic carbocycles. The van der Waals surface area contributed by atoms with Crippen molar-refractivity contribution in [2.45, 2.75) is 32.9 Å². The maximum absolute atomic E-state index is 11.9. The second-order valence-corrected chi connectivity index (χ2v) is 4.49. The summed E-state index contributed by atoms with van der Waals surface area (Å²) in [5.74, 6) is 0. The van der Waals surface area contributed by atoms with Gasteiger partial charge in [-0.05, 0) is 19.8 Å². The number of hydrogen-bond acceptors (Lipinski definition) is 4. The van der Waals surface area contributed by atoms with Gasteiger partial charge in [0.25, 0.3) is 0 Å². The van der Waals surface area contributed by atoms with E-state index in [9.17, 15) is 19.7 Å². The molecule has 0 saturated heterocycles. The third kappa shape index (κ3) is 3.06. The van der Waals surface area contributed by atoms with E-state index in [1.807, 2.05) is 0 Å². The Hall–Kier alpha value is -1.44. The number of aryl methyl sites for hydroxylation is 1. The molecule has 1 rings (SSSR count). The Morgan fingerprint density at radius 3 is 2.56 bits per heavy atom. The monoisotopic (exact) mass is 319 g/mol. The average molecular weight is 320 g/mol. The van der Waals surface area contributed by atoms with Crippen LogP contribution in [-0.4, -0.2) is 19.4 Å². The first-order valence-electron chi connectivity index (χ1n) is 5.57. The van der Waals surface area contributed by atoms with Gasteiger partial charge in [0.05, 0.1) is 11.1 Å². The summed E-state index contributed by atoms with van der Waals surface area (Å²) in [6.45, 7) is 2.18. The zero-order chi connectivity index (χ0) is 13.7. The van der Waals surface area contributed by atoms with E-state index in [0.717, 1.165) is 22.5 Å². The predicted molar refractivity (Wildman–Crippen MR) is 70.3 cm³/mol. The van der Waals surface area contributed by atoms with E-state index in [1.165, 1.54) is 4.57 Å². The SMILES string of the molecule is CCn1cc([N+](=O)[O-])c(=O)n(CCCCBr)c1=O. The second kappa shape index (κ2) is 6.48. The summed E-state index contributed by atoms with van der Waals surface area (Å²) < 4.78 is 2.11. The summed E-state index contributed by atoms with van der Waals surface area (Å²) in [4.78, 5) is 33.7. The summed E-state index contributed by atoms with van der Waals surface area (Å²) in [5.41, 5.74) is -1.89. The number of nitro groups is 1. The summed E-state index contributed by atoms with van der Waals surface area (Å²) in [6.07, 6.45) is 2.41. The van der Waals surface area contributed by atoms with Gasteiger partial charge in [-0.1, -0.05) is 15.9 Å². The first-order chi connectivity index (χ1) is 8.52. The van der Waals surface area contributed by atoms with Gasteiger partial charge in [0.2, 0.25) is 0 Å². The van der Waals surface area contributed by atoms with Gasteiger partial charge in [0.15, 0.2) is 0 Å². The number of rotatable bonds is 6. The van der Waals surface area contributed by atoms with Crippen LogP contribution >= 0.6 is 15.9 Å². The minimum atomic E-state index is -0.829. The Labute approximate surface area is 111 Å². The number of nitrogens with zero attached hydrogens (tertiary/aromatic N) is 3. The molecule has 0 atom stereocenters. The van der Waals surface area contributed by atoms with Gasteiger partial charge in [-0.2, -0.15) is 0 Å². The molecule has 1 aromatic heterocycles. The van der Waals surface area contributed by atoms with Crippen LogP contribution in [0.1, 0.15) is 19.8 Å². The normalized spacial score (nSPS) is 10.6. The highest BCUT2D eigenvalue weighted by Gasteiger charge is 2.18. The van der Waals surface area contributed by atoms with E-state index in [2.05, 4.69) is 15.9 Å². The van der Waals surface area contributed by atoms with Gasteiger partial charge in [-0.15, -0.1) is 0 Å². The van der Waals surface area contributed by atoms with Crippen LogP contribution in [-0.2, 0) is 13.1 Å². The lowest BCUT2D eigenvalue weighted by molar-refractivity contribution is -0.387. The van der Waals surface area contributed by atoms with Crippen molar-refractivity contribution >= 4 is 21.6 Å². The Balaban J connectivity index is 3.29. The molecule has 0 saturated carbocycles. The lowest BCUT2D eigenvalue weighted by atomic mass is 10.3. The number of aromatic nitrogens is 2. The van der Waals surface area contributed by atoms with Crippen molar-refractivity contribution < 1.29 is 4.92 Å². The fourth-order valence-electron chi connectivity index (χ4n) is 1.55. The van der Waals surface area contributed by atoms with Gasteiger partial charge >= 0.3 is 16.9 Å². The van der Waals surface area contributed by atoms with Gasteiger partial charge in [0, 0.05) is 18.4 Å². The van der Waals surface area contributed by atoms with Crippen LogP contribution in [0.4, 0.5) is 5.69 Å². The van der Waals surface area contributed by atoms with Crippen LogP contribution in [0, 0.1) is 10.1 Å². The quantitative estimate of drug-likeness (QED) is 0.340. The Morgan fingerprint density at radius 1 is 1.39 bits per heavy atom. The third-order valence-electron chi connectivity index (χ3n) is 2.52. The molecule has 0 aliphatic rings. The molecule has 0 N–H and O–H groups in total. The Morgan fingerprint density at radius 2 is 2.06 bits per heavy atom. The molecule has 0 unspecified atom stereocenters.